The van der Waals surface area contributed by atoms with E-state index < -0.39 is 5.69 Å². The Labute approximate surface area is 105 Å². The molecule has 0 saturated carbocycles. The molecule has 7 nitrogen and oxygen atoms in total. The van der Waals surface area contributed by atoms with Gasteiger partial charge in [-0.3, -0.25) is 14.8 Å². The first kappa shape index (κ1) is 11.4. The highest BCUT2D eigenvalue weighted by Crippen LogP contribution is 2.28. The highest BCUT2D eigenvalue weighted by atomic mass is 32.1. The summed E-state index contributed by atoms with van der Waals surface area (Å²) < 4.78 is 5.74. The molecule has 2 N–H and O–H groups in total. The molecule has 8 heteroatoms. The van der Waals surface area contributed by atoms with E-state index in [0.717, 1.165) is 24.6 Å². The van der Waals surface area contributed by atoms with Gasteiger partial charge in [-0.15, -0.1) is 0 Å². The first-order chi connectivity index (χ1) is 8.67. The van der Waals surface area contributed by atoms with Crippen molar-refractivity contribution in [2.45, 2.75) is 12.5 Å². The number of rotatable bonds is 2. The number of hydrogen-bond donors (Lipinski definition) is 2. The maximum Gasteiger partial charge on any atom is 0.327 e. The highest BCUT2D eigenvalue weighted by molar-refractivity contribution is 7.22. The third kappa shape index (κ3) is 1.83. The van der Waals surface area contributed by atoms with Crippen molar-refractivity contribution in [3.63, 3.8) is 0 Å². The van der Waals surface area contributed by atoms with E-state index in [9.17, 15) is 9.59 Å². The van der Waals surface area contributed by atoms with E-state index in [-0.39, 0.29) is 11.7 Å². The number of aromatic amines is 2. The van der Waals surface area contributed by atoms with Crippen molar-refractivity contribution in [1.29, 1.82) is 0 Å². The van der Waals surface area contributed by atoms with Crippen LogP contribution in [0.3, 0.4) is 0 Å². The number of H-pyrrole nitrogens is 2. The Hall–Kier alpha value is -1.67. The van der Waals surface area contributed by atoms with E-state index in [0.29, 0.717) is 10.3 Å². The van der Waals surface area contributed by atoms with Gasteiger partial charge < -0.3 is 9.64 Å². The number of anilines is 1. The SMILES string of the molecule is CO[C@@H]1CCN(c2nc3[nH]c(=O)[nH]c(=O)c3s2)C1. The quantitative estimate of drug-likeness (QED) is 0.793. The summed E-state index contributed by atoms with van der Waals surface area (Å²) in [5.41, 5.74) is -0.565. The van der Waals surface area contributed by atoms with Gasteiger partial charge in [-0.25, -0.2) is 9.78 Å². The van der Waals surface area contributed by atoms with E-state index >= 15 is 0 Å². The van der Waals surface area contributed by atoms with Crippen molar-refractivity contribution in [3.8, 4) is 0 Å². The summed E-state index contributed by atoms with van der Waals surface area (Å²) in [6, 6.07) is 0. The Bertz CT molecular complexity index is 688. The molecule has 2 aromatic heterocycles. The average Bonchev–Trinajstić information content (AvgIpc) is 2.93. The number of nitrogens with one attached hydrogen (secondary N) is 2. The van der Waals surface area contributed by atoms with Gasteiger partial charge >= 0.3 is 5.69 Å². The van der Waals surface area contributed by atoms with Crippen LogP contribution in [-0.4, -0.2) is 41.3 Å². The molecule has 0 aromatic carbocycles. The summed E-state index contributed by atoms with van der Waals surface area (Å²) in [6.07, 6.45) is 1.15. The third-order valence-electron chi connectivity index (χ3n) is 3.03. The van der Waals surface area contributed by atoms with Crippen LogP contribution in [0, 0.1) is 0 Å². The number of nitrogens with zero attached hydrogens (tertiary/aromatic N) is 2. The summed E-state index contributed by atoms with van der Waals surface area (Å²) in [6.45, 7) is 1.61. The predicted octanol–water partition coefficient (Wildman–Crippen LogP) is -0.102. The number of aromatic nitrogens is 3. The Morgan fingerprint density at radius 2 is 2.28 bits per heavy atom. The molecule has 2 aromatic rings. The normalized spacial score (nSPS) is 19.8. The maximum absolute atomic E-state index is 11.6. The Balaban J connectivity index is 2.02. The monoisotopic (exact) mass is 268 g/mol. The maximum atomic E-state index is 11.6. The van der Waals surface area contributed by atoms with E-state index in [1.807, 2.05) is 0 Å². The molecule has 0 aliphatic carbocycles. The summed E-state index contributed by atoms with van der Waals surface area (Å²) >= 11 is 1.29. The molecular formula is C10H12N4O3S. The van der Waals surface area contributed by atoms with Crippen LogP contribution in [0.5, 0.6) is 0 Å². The zero-order valence-electron chi connectivity index (χ0n) is 9.73. The second kappa shape index (κ2) is 4.21. The lowest BCUT2D eigenvalue weighted by Crippen LogP contribution is -2.22. The fourth-order valence-electron chi connectivity index (χ4n) is 2.08. The van der Waals surface area contributed by atoms with E-state index in [1.165, 1.54) is 11.3 Å². The van der Waals surface area contributed by atoms with Gasteiger partial charge in [-0.2, -0.15) is 0 Å². The minimum Gasteiger partial charge on any atom is -0.380 e. The number of methoxy groups -OCH3 is 1. The van der Waals surface area contributed by atoms with E-state index in [1.54, 1.807) is 7.11 Å². The van der Waals surface area contributed by atoms with Gasteiger partial charge in [0.2, 0.25) is 0 Å². The Morgan fingerprint density at radius 1 is 1.44 bits per heavy atom. The summed E-state index contributed by atoms with van der Waals surface area (Å²) in [4.78, 5) is 33.8. The molecular weight excluding hydrogens is 256 g/mol. The third-order valence-corrected chi connectivity index (χ3v) is 4.14. The van der Waals surface area contributed by atoms with Gasteiger partial charge in [-0.1, -0.05) is 11.3 Å². The van der Waals surface area contributed by atoms with Crippen LogP contribution in [0.4, 0.5) is 5.13 Å². The molecule has 0 radical (unpaired) electrons. The summed E-state index contributed by atoms with van der Waals surface area (Å²) in [5, 5.41) is 0.747. The van der Waals surface area contributed by atoms with Gasteiger partial charge in [0.1, 0.15) is 4.70 Å². The molecule has 0 amide bonds. The standard InChI is InChI=1S/C10H12N4O3S/c1-17-5-2-3-14(4-5)10-12-7-6(18-10)8(15)13-9(16)11-7/h5H,2-4H2,1H3,(H2,11,13,15,16)/t5-/m1/s1. The minimum atomic E-state index is -0.527. The van der Waals surface area contributed by atoms with Crippen LogP contribution < -0.4 is 16.1 Å². The second-order valence-electron chi connectivity index (χ2n) is 4.17. The van der Waals surface area contributed by atoms with Crippen LogP contribution >= 0.6 is 11.3 Å². The Kier molecular flexibility index (Phi) is 2.67. The molecule has 1 aliphatic rings. The zero-order chi connectivity index (χ0) is 12.7. The lowest BCUT2D eigenvalue weighted by molar-refractivity contribution is 0.121. The lowest BCUT2D eigenvalue weighted by Gasteiger charge is -2.13. The molecule has 0 spiro atoms. The van der Waals surface area contributed by atoms with E-state index in [4.69, 9.17) is 4.74 Å². The largest absolute Gasteiger partial charge is 0.380 e. The van der Waals surface area contributed by atoms with Gasteiger partial charge in [0.25, 0.3) is 5.56 Å². The zero-order valence-corrected chi connectivity index (χ0v) is 10.5. The second-order valence-corrected chi connectivity index (χ2v) is 5.15. The van der Waals surface area contributed by atoms with Crippen molar-refractivity contribution >= 4 is 26.8 Å². The van der Waals surface area contributed by atoms with Crippen molar-refractivity contribution in [2.24, 2.45) is 0 Å². The average molecular weight is 268 g/mol. The van der Waals surface area contributed by atoms with Crippen molar-refractivity contribution < 1.29 is 4.74 Å². The molecule has 0 bridgehead atoms. The van der Waals surface area contributed by atoms with Crippen LogP contribution in [0.2, 0.25) is 0 Å². The van der Waals surface area contributed by atoms with Crippen LogP contribution in [-0.2, 0) is 4.74 Å². The van der Waals surface area contributed by atoms with Gasteiger partial charge in [-0.05, 0) is 6.42 Å². The lowest BCUT2D eigenvalue weighted by atomic mass is 10.3. The number of hydrogen-bond acceptors (Lipinski definition) is 6. The number of fused-ring (bicyclic) bond motifs is 1. The van der Waals surface area contributed by atoms with Crippen molar-refractivity contribution in [2.75, 3.05) is 25.1 Å². The van der Waals surface area contributed by atoms with Crippen LogP contribution in [0.1, 0.15) is 6.42 Å². The molecule has 0 unspecified atom stereocenters. The van der Waals surface area contributed by atoms with Crippen LogP contribution in [0.25, 0.3) is 10.3 Å². The van der Waals surface area contributed by atoms with E-state index in [2.05, 4.69) is 19.9 Å². The molecule has 1 atom stereocenters. The fraction of sp³-hybridized carbons (Fsp3) is 0.500. The van der Waals surface area contributed by atoms with Crippen molar-refractivity contribution in [1.82, 2.24) is 15.0 Å². The molecule has 1 fully saturated rings. The molecule has 18 heavy (non-hydrogen) atoms. The Morgan fingerprint density at radius 3 is 3.00 bits per heavy atom. The predicted molar refractivity (Wildman–Crippen MR) is 68.5 cm³/mol. The number of thiazole rings is 1. The first-order valence-corrected chi connectivity index (χ1v) is 6.40. The molecule has 3 rings (SSSR count). The van der Waals surface area contributed by atoms with Crippen molar-refractivity contribution in [3.05, 3.63) is 20.8 Å². The molecule has 1 saturated heterocycles. The number of ether oxygens (including phenoxy) is 1. The van der Waals surface area contributed by atoms with Gasteiger partial charge in [0.15, 0.2) is 10.8 Å². The topological polar surface area (TPSA) is 91.1 Å². The highest BCUT2D eigenvalue weighted by Gasteiger charge is 2.25. The van der Waals surface area contributed by atoms with Crippen LogP contribution in [0.15, 0.2) is 9.59 Å². The summed E-state index contributed by atoms with van der Waals surface area (Å²) in [7, 11) is 1.69. The minimum absolute atomic E-state index is 0.203. The first-order valence-electron chi connectivity index (χ1n) is 5.58. The summed E-state index contributed by atoms with van der Waals surface area (Å²) in [5.74, 6) is 0. The smallest absolute Gasteiger partial charge is 0.327 e. The molecule has 1 aliphatic heterocycles. The molecule has 96 valence electrons. The molecule has 3 heterocycles. The van der Waals surface area contributed by atoms with Gasteiger partial charge in [0.05, 0.1) is 6.10 Å². The fourth-order valence-corrected chi connectivity index (χ4v) is 3.03. The van der Waals surface area contributed by atoms with Gasteiger partial charge in [0, 0.05) is 20.2 Å².